The first-order valence-corrected chi connectivity index (χ1v) is 5.99. The van der Waals surface area contributed by atoms with Crippen molar-refractivity contribution >= 4 is 17.9 Å². The molecule has 1 heterocycles. The predicted octanol–water partition coefficient (Wildman–Crippen LogP) is 1.56. The highest BCUT2D eigenvalue weighted by Gasteiger charge is 2.04. The molecule has 2 aromatic rings. The Morgan fingerprint density at radius 1 is 1.00 bits per heavy atom. The van der Waals surface area contributed by atoms with Crippen molar-refractivity contribution in [1.29, 1.82) is 0 Å². The maximum atomic E-state index is 11.6. The van der Waals surface area contributed by atoms with E-state index in [0.717, 1.165) is 5.56 Å². The molecule has 5 heteroatoms. The fraction of sp³-hybridized carbons (Fsp3) is 0. The number of hydrazine groups is 1. The molecule has 0 saturated heterocycles. The summed E-state index contributed by atoms with van der Waals surface area (Å²) >= 11 is 0. The van der Waals surface area contributed by atoms with Gasteiger partial charge in [-0.25, -0.2) is 0 Å². The number of pyridine rings is 1. The molecule has 20 heavy (non-hydrogen) atoms. The fourth-order valence-corrected chi connectivity index (χ4v) is 1.47. The Morgan fingerprint density at radius 2 is 1.80 bits per heavy atom. The van der Waals surface area contributed by atoms with Crippen LogP contribution in [-0.4, -0.2) is 16.8 Å². The van der Waals surface area contributed by atoms with Crippen molar-refractivity contribution in [2.75, 3.05) is 0 Å². The van der Waals surface area contributed by atoms with Crippen molar-refractivity contribution in [3.63, 3.8) is 0 Å². The van der Waals surface area contributed by atoms with Crippen LogP contribution in [0.5, 0.6) is 0 Å². The highest BCUT2D eigenvalue weighted by Crippen LogP contribution is 2.00. The number of benzene rings is 1. The lowest BCUT2D eigenvalue weighted by atomic mass is 10.2. The minimum absolute atomic E-state index is 0.375. The first kappa shape index (κ1) is 13.5. The highest BCUT2D eigenvalue weighted by atomic mass is 16.2. The van der Waals surface area contributed by atoms with Crippen molar-refractivity contribution in [3.05, 3.63) is 72.1 Å². The van der Waals surface area contributed by atoms with Crippen LogP contribution in [0.4, 0.5) is 0 Å². The minimum Gasteiger partial charge on any atom is -0.268 e. The van der Waals surface area contributed by atoms with Crippen LogP contribution < -0.4 is 10.9 Å². The molecule has 2 N–H and O–H groups in total. The quantitative estimate of drug-likeness (QED) is 0.655. The van der Waals surface area contributed by atoms with Gasteiger partial charge in [0.25, 0.3) is 11.8 Å². The van der Waals surface area contributed by atoms with Crippen LogP contribution in [0.3, 0.4) is 0 Å². The van der Waals surface area contributed by atoms with Gasteiger partial charge in [-0.1, -0.05) is 30.3 Å². The van der Waals surface area contributed by atoms with E-state index in [4.69, 9.17) is 0 Å². The Morgan fingerprint density at radius 3 is 2.50 bits per heavy atom. The Balaban J connectivity index is 1.84. The van der Waals surface area contributed by atoms with Crippen LogP contribution in [0, 0.1) is 0 Å². The molecular weight excluding hydrogens is 254 g/mol. The van der Waals surface area contributed by atoms with Gasteiger partial charge in [-0.15, -0.1) is 0 Å². The SMILES string of the molecule is O=C(/C=C/c1ccccc1)NNC(=O)c1cccnc1. The van der Waals surface area contributed by atoms with Crippen molar-refractivity contribution in [2.45, 2.75) is 0 Å². The second-order valence-electron chi connectivity index (χ2n) is 3.93. The summed E-state index contributed by atoms with van der Waals surface area (Å²) in [5, 5.41) is 0. The van der Waals surface area contributed by atoms with Crippen molar-refractivity contribution in [2.24, 2.45) is 0 Å². The van der Waals surface area contributed by atoms with E-state index < -0.39 is 11.8 Å². The fourth-order valence-electron chi connectivity index (χ4n) is 1.47. The largest absolute Gasteiger partial charge is 0.271 e. The van der Waals surface area contributed by atoms with Gasteiger partial charge in [0.15, 0.2) is 0 Å². The third kappa shape index (κ3) is 4.06. The molecule has 0 unspecified atom stereocenters. The summed E-state index contributed by atoms with van der Waals surface area (Å²) in [5.41, 5.74) is 5.88. The van der Waals surface area contributed by atoms with E-state index in [-0.39, 0.29) is 0 Å². The first-order chi connectivity index (χ1) is 9.75. The molecule has 2 rings (SSSR count). The summed E-state index contributed by atoms with van der Waals surface area (Å²) in [6, 6.07) is 12.6. The molecule has 2 amide bonds. The van der Waals surface area contributed by atoms with E-state index in [2.05, 4.69) is 15.8 Å². The van der Waals surface area contributed by atoms with Crippen LogP contribution in [0.25, 0.3) is 6.08 Å². The molecule has 0 radical (unpaired) electrons. The number of hydrogen-bond donors (Lipinski definition) is 2. The first-order valence-electron chi connectivity index (χ1n) is 5.99. The number of hydrogen-bond acceptors (Lipinski definition) is 3. The third-order valence-electron chi connectivity index (χ3n) is 2.45. The zero-order valence-corrected chi connectivity index (χ0v) is 10.6. The third-order valence-corrected chi connectivity index (χ3v) is 2.45. The second-order valence-corrected chi connectivity index (χ2v) is 3.93. The second kappa shape index (κ2) is 6.84. The van der Waals surface area contributed by atoms with Crippen LogP contribution in [0.15, 0.2) is 60.9 Å². The molecule has 0 aliphatic heterocycles. The smallest absolute Gasteiger partial charge is 0.268 e. The Hall–Kier alpha value is -2.95. The molecule has 0 aliphatic carbocycles. The van der Waals surface area contributed by atoms with E-state index in [1.807, 2.05) is 30.3 Å². The standard InChI is InChI=1S/C15H13N3O2/c19-14(9-8-12-5-2-1-3-6-12)17-18-15(20)13-7-4-10-16-11-13/h1-11H,(H,17,19)(H,18,20)/b9-8+. The van der Waals surface area contributed by atoms with Crippen molar-refractivity contribution in [3.8, 4) is 0 Å². The molecule has 0 aliphatic rings. The summed E-state index contributed by atoms with van der Waals surface area (Å²) in [5.74, 6) is -0.828. The van der Waals surface area contributed by atoms with Crippen LogP contribution in [0.1, 0.15) is 15.9 Å². The molecule has 0 saturated carbocycles. The van der Waals surface area contributed by atoms with Crippen LogP contribution in [0.2, 0.25) is 0 Å². The summed E-state index contributed by atoms with van der Waals surface area (Å²) in [6.07, 6.45) is 5.99. The van der Waals surface area contributed by atoms with Crippen molar-refractivity contribution in [1.82, 2.24) is 15.8 Å². The van der Waals surface area contributed by atoms with Gasteiger partial charge in [0.1, 0.15) is 0 Å². The van der Waals surface area contributed by atoms with Gasteiger partial charge in [-0.05, 0) is 23.8 Å². The zero-order chi connectivity index (χ0) is 14.2. The van der Waals surface area contributed by atoms with E-state index in [0.29, 0.717) is 5.56 Å². The Labute approximate surface area is 116 Å². The molecule has 0 fully saturated rings. The molecule has 5 nitrogen and oxygen atoms in total. The van der Waals surface area contributed by atoms with E-state index >= 15 is 0 Å². The topological polar surface area (TPSA) is 71.1 Å². The van der Waals surface area contributed by atoms with E-state index in [1.54, 1.807) is 24.4 Å². The van der Waals surface area contributed by atoms with Crippen LogP contribution in [-0.2, 0) is 4.79 Å². The maximum absolute atomic E-state index is 11.6. The number of aromatic nitrogens is 1. The van der Waals surface area contributed by atoms with Gasteiger partial charge in [-0.3, -0.25) is 25.4 Å². The lowest BCUT2D eigenvalue weighted by molar-refractivity contribution is -0.117. The number of carbonyl (C=O) groups excluding carboxylic acids is 2. The van der Waals surface area contributed by atoms with Gasteiger partial charge in [0.05, 0.1) is 5.56 Å². The van der Waals surface area contributed by atoms with Gasteiger partial charge >= 0.3 is 0 Å². The summed E-state index contributed by atoms with van der Waals surface area (Å²) in [7, 11) is 0. The lowest BCUT2D eigenvalue weighted by Gasteiger charge is -2.04. The van der Waals surface area contributed by atoms with Gasteiger partial charge in [-0.2, -0.15) is 0 Å². The number of amides is 2. The predicted molar refractivity (Wildman–Crippen MR) is 75.3 cm³/mol. The summed E-state index contributed by atoms with van der Waals surface area (Å²) in [4.78, 5) is 27.0. The lowest BCUT2D eigenvalue weighted by Crippen LogP contribution is -2.40. The molecule has 1 aromatic heterocycles. The average Bonchev–Trinajstić information content (AvgIpc) is 2.52. The monoisotopic (exact) mass is 267 g/mol. The van der Waals surface area contributed by atoms with Gasteiger partial charge < -0.3 is 0 Å². The highest BCUT2D eigenvalue weighted by molar-refractivity contribution is 5.97. The van der Waals surface area contributed by atoms with Crippen molar-refractivity contribution < 1.29 is 9.59 Å². The number of nitrogens with zero attached hydrogens (tertiary/aromatic N) is 1. The number of carbonyl (C=O) groups is 2. The summed E-state index contributed by atoms with van der Waals surface area (Å²) in [6.45, 7) is 0. The Kier molecular flexibility index (Phi) is 4.61. The average molecular weight is 267 g/mol. The number of rotatable bonds is 3. The molecular formula is C15H13N3O2. The number of nitrogens with one attached hydrogen (secondary N) is 2. The molecule has 0 atom stereocenters. The molecule has 0 bridgehead atoms. The maximum Gasteiger partial charge on any atom is 0.271 e. The van der Waals surface area contributed by atoms with E-state index in [1.165, 1.54) is 12.3 Å². The molecule has 0 spiro atoms. The van der Waals surface area contributed by atoms with E-state index in [9.17, 15) is 9.59 Å². The molecule has 100 valence electrons. The minimum atomic E-state index is -0.417. The van der Waals surface area contributed by atoms with Crippen LogP contribution >= 0.6 is 0 Å². The normalized spacial score (nSPS) is 10.2. The zero-order valence-electron chi connectivity index (χ0n) is 10.6. The van der Waals surface area contributed by atoms with Gasteiger partial charge in [0, 0.05) is 18.5 Å². The summed E-state index contributed by atoms with van der Waals surface area (Å²) < 4.78 is 0. The molecule has 1 aromatic carbocycles. The Bertz CT molecular complexity index is 610. The van der Waals surface area contributed by atoms with Gasteiger partial charge in [0.2, 0.25) is 0 Å².